The van der Waals surface area contributed by atoms with E-state index in [0.717, 1.165) is 34.9 Å². The molecule has 40 heavy (non-hydrogen) atoms. The molecule has 206 valence electrons. The van der Waals surface area contributed by atoms with Crippen LogP contribution in [0.25, 0.3) is 10.9 Å². The van der Waals surface area contributed by atoms with Gasteiger partial charge in [0.15, 0.2) is 5.82 Å². The van der Waals surface area contributed by atoms with Crippen molar-refractivity contribution in [1.29, 1.82) is 0 Å². The molecule has 2 aromatic heterocycles. The third kappa shape index (κ3) is 5.87. The van der Waals surface area contributed by atoms with Crippen molar-refractivity contribution >= 4 is 10.9 Å². The Hall–Kier alpha value is -4.17. The molecule has 0 spiro atoms. The Labute approximate surface area is 233 Å². The lowest BCUT2D eigenvalue weighted by atomic mass is 9.98. The minimum atomic E-state index is -0.552. The summed E-state index contributed by atoms with van der Waals surface area (Å²) in [6, 6.07) is 24.2. The molecule has 1 atom stereocenters. The van der Waals surface area contributed by atoms with Crippen LogP contribution in [0.15, 0.2) is 83.7 Å². The normalized spacial score (nSPS) is 12.8. The number of halogens is 1. The van der Waals surface area contributed by atoms with Gasteiger partial charge in [-0.2, -0.15) is 0 Å². The van der Waals surface area contributed by atoms with Crippen molar-refractivity contribution in [2.45, 2.75) is 58.7 Å². The number of hydrogen-bond acceptors (Lipinski definition) is 5. The van der Waals surface area contributed by atoms with Gasteiger partial charge in [-0.15, -0.1) is 5.10 Å². The molecule has 0 aliphatic carbocycles. The molecule has 1 N–H and O–H groups in total. The zero-order chi connectivity index (χ0) is 28.3. The Morgan fingerprint density at radius 1 is 1.00 bits per heavy atom. The summed E-state index contributed by atoms with van der Waals surface area (Å²) in [5.74, 6) is 0.310. The highest BCUT2D eigenvalue weighted by Gasteiger charge is 2.34. The number of aromatic amines is 1. The molecule has 0 aliphatic heterocycles. The molecule has 0 aliphatic rings. The number of H-pyrrole nitrogens is 1. The maximum atomic E-state index is 13.8. The number of rotatable bonds is 10. The number of nitrogens with one attached hydrogen (secondary N) is 1. The summed E-state index contributed by atoms with van der Waals surface area (Å²) in [5.41, 5.74) is 3.98. The van der Waals surface area contributed by atoms with E-state index in [1.54, 1.807) is 12.1 Å². The molecule has 0 amide bonds. The van der Waals surface area contributed by atoms with E-state index in [2.05, 4.69) is 58.3 Å². The van der Waals surface area contributed by atoms with Gasteiger partial charge in [-0.05, 0) is 90.4 Å². The zero-order valence-corrected chi connectivity index (χ0v) is 23.4. The molecule has 5 rings (SSSR count). The second kappa shape index (κ2) is 11.5. The van der Waals surface area contributed by atoms with Crippen LogP contribution in [0.3, 0.4) is 0 Å². The van der Waals surface area contributed by atoms with Crippen LogP contribution in [-0.4, -0.2) is 36.6 Å². The largest absolute Gasteiger partial charge is 0.322 e. The van der Waals surface area contributed by atoms with Crippen LogP contribution in [0.5, 0.6) is 0 Å². The van der Waals surface area contributed by atoms with Crippen molar-refractivity contribution in [3.8, 4) is 0 Å². The predicted molar refractivity (Wildman–Crippen MR) is 156 cm³/mol. The van der Waals surface area contributed by atoms with Crippen molar-refractivity contribution < 1.29 is 4.39 Å². The highest BCUT2D eigenvalue weighted by Crippen LogP contribution is 2.32. The van der Waals surface area contributed by atoms with Gasteiger partial charge in [-0.3, -0.25) is 9.69 Å². The first kappa shape index (κ1) is 27.4. The third-order valence-electron chi connectivity index (χ3n) is 7.70. The van der Waals surface area contributed by atoms with E-state index < -0.39 is 6.04 Å². The van der Waals surface area contributed by atoms with Crippen LogP contribution >= 0.6 is 0 Å². The molecule has 0 saturated carbocycles. The summed E-state index contributed by atoms with van der Waals surface area (Å²) in [6.07, 6.45) is 1.55. The molecule has 0 fully saturated rings. The lowest BCUT2D eigenvalue weighted by Crippen LogP contribution is -2.39. The molecule has 0 saturated heterocycles. The predicted octanol–water partition coefficient (Wildman–Crippen LogP) is 5.94. The van der Waals surface area contributed by atoms with Crippen molar-refractivity contribution in [3.63, 3.8) is 0 Å². The van der Waals surface area contributed by atoms with Crippen molar-refractivity contribution in [2.24, 2.45) is 0 Å². The SMILES string of the molecule is CCC(C)(C)n1nnnc1[C@@H](c1cc2ccc(C)cc2[nH]c1=O)N(CCc1ccccc1)Cc1ccc(F)cc1. The number of tetrazole rings is 1. The third-order valence-corrected chi connectivity index (χ3v) is 7.70. The second-order valence-corrected chi connectivity index (χ2v) is 11.0. The van der Waals surface area contributed by atoms with Crippen LogP contribution in [0, 0.1) is 12.7 Å². The van der Waals surface area contributed by atoms with E-state index in [1.807, 2.05) is 54.1 Å². The fourth-order valence-corrected chi connectivity index (χ4v) is 5.02. The molecule has 0 radical (unpaired) electrons. The second-order valence-electron chi connectivity index (χ2n) is 11.0. The fraction of sp³-hybridized carbons (Fsp3) is 0.312. The molecule has 8 heteroatoms. The molecule has 3 aromatic carbocycles. The summed E-state index contributed by atoms with van der Waals surface area (Å²) >= 11 is 0. The van der Waals surface area contributed by atoms with E-state index in [1.165, 1.54) is 17.7 Å². The van der Waals surface area contributed by atoms with Gasteiger partial charge in [0.25, 0.3) is 5.56 Å². The van der Waals surface area contributed by atoms with Crippen molar-refractivity contribution in [1.82, 2.24) is 30.1 Å². The molecule has 2 heterocycles. The highest BCUT2D eigenvalue weighted by atomic mass is 19.1. The summed E-state index contributed by atoms with van der Waals surface area (Å²) in [7, 11) is 0. The number of pyridine rings is 1. The molecule has 0 unspecified atom stereocenters. The number of hydrogen-bond donors (Lipinski definition) is 1. The smallest absolute Gasteiger partial charge is 0.253 e. The van der Waals surface area contributed by atoms with Crippen LogP contribution in [-0.2, 0) is 18.5 Å². The Morgan fingerprint density at radius 2 is 1.75 bits per heavy atom. The highest BCUT2D eigenvalue weighted by molar-refractivity contribution is 5.79. The quantitative estimate of drug-likeness (QED) is 0.238. The Balaban J connectivity index is 1.68. The first-order valence-corrected chi connectivity index (χ1v) is 13.7. The monoisotopic (exact) mass is 538 g/mol. The topological polar surface area (TPSA) is 79.7 Å². The van der Waals surface area contributed by atoms with Gasteiger partial charge in [-0.25, -0.2) is 9.07 Å². The molecule has 0 bridgehead atoms. The Bertz CT molecular complexity index is 1640. The lowest BCUT2D eigenvalue weighted by Gasteiger charge is -2.33. The molecule has 5 aromatic rings. The van der Waals surface area contributed by atoms with Gasteiger partial charge < -0.3 is 4.98 Å². The van der Waals surface area contributed by atoms with Crippen LogP contribution in [0.4, 0.5) is 4.39 Å². The van der Waals surface area contributed by atoms with Gasteiger partial charge in [0.1, 0.15) is 11.9 Å². The Morgan fingerprint density at radius 3 is 2.48 bits per heavy atom. The number of fused-ring (bicyclic) bond motifs is 1. The summed E-state index contributed by atoms with van der Waals surface area (Å²) in [6.45, 7) is 9.37. The van der Waals surface area contributed by atoms with E-state index in [-0.39, 0.29) is 16.9 Å². The Kier molecular flexibility index (Phi) is 7.89. The first-order valence-electron chi connectivity index (χ1n) is 13.7. The van der Waals surface area contributed by atoms with Gasteiger partial charge >= 0.3 is 0 Å². The first-order chi connectivity index (χ1) is 19.2. The number of benzene rings is 3. The van der Waals surface area contributed by atoms with Crippen LogP contribution in [0.1, 0.15) is 61.3 Å². The average Bonchev–Trinajstić information content (AvgIpc) is 3.44. The summed E-state index contributed by atoms with van der Waals surface area (Å²) in [5, 5.41) is 13.9. The standard InChI is InChI=1S/C32H35FN6O/c1-5-32(3,4)39-30(35-36-37-39)29(27-20-25-14-11-22(2)19-28(25)34-31(27)40)38(18-17-23-9-7-6-8-10-23)21-24-12-15-26(33)16-13-24/h6-16,19-20,29H,5,17-18,21H2,1-4H3,(H,34,40)/t29-/m1/s1. The summed E-state index contributed by atoms with van der Waals surface area (Å²) in [4.78, 5) is 19.1. The lowest BCUT2D eigenvalue weighted by molar-refractivity contribution is 0.190. The maximum Gasteiger partial charge on any atom is 0.253 e. The number of aryl methyl sites for hydroxylation is 1. The number of nitrogens with zero attached hydrogens (tertiary/aromatic N) is 5. The van der Waals surface area contributed by atoms with Crippen molar-refractivity contribution in [3.05, 3.63) is 123 Å². The van der Waals surface area contributed by atoms with E-state index in [9.17, 15) is 9.18 Å². The van der Waals surface area contributed by atoms with E-state index in [0.29, 0.717) is 24.5 Å². The van der Waals surface area contributed by atoms with Gasteiger partial charge in [-0.1, -0.05) is 61.5 Å². The van der Waals surface area contributed by atoms with Gasteiger partial charge in [0, 0.05) is 24.2 Å². The minimum Gasteiger partial charge on any atom is -0.322 e. The van der Waals surface area contributed by atoms with E-state index in [4.69, 9.17) is 0 Å². The van der Waals surface area contributed by atoms with Crippen molar-refractivity contribution in [2.75, 3.05) is 6.54 Å². The average molecular weight is 539 g/mol. The zero-order valence-electron chi connectivity index (χ0n) is 23.4. The maximum absolute atomic E-state index is 13.8. The van der Waals surface area contributed by atoms with Crippen LogP contribution < -0.4 is 5.56 Å². The fourth-order valence-electron chi connectivity index (χ4n) is 5.02. The molecular weight excluding hydrogens is 503 g/mol. The van der Waals surface area contributed by atoms with Gasteiger partial charge in [0.2, 0.25) is 0 Å². The molecular formula is C32H35FN6O. The van der Waals surface area contributed by atoms with E-state index >= 15 is 0 Å². The molecule has 7 nitrogen and oxygen atoms in total. The summed E-state index contributed by atoms with van der Waals surface area (Å²) < 4.78 is 15.6. The van der Waals surface area contributed by atoms with Crippen LogP contribution in [0.2, 0.25) is 0 Å². The van der Waals surface area contributed by atoms with Gasteiger partial charge in [0.05, 0.1) is 5.54 Å². The number of aromatic nitrogens is 5. The minimum absolute atomic E-state index is 0.184.